The SMILES string of the molecule is CC(=O)/C=C(/C)O.Cc1cc2c(C(C)(C)C)cc(-c3nccc4c3ccc3c(C(C)C)c(C)ccc34)[c-]c2o1.[Ir]. The zero-order chi connectivity index (χ0) is 28.6. The number of carbonyl (C=O) groups excluding carboxylic acids is 1. The number of nitrogens with zero attached hydrogens (tertiary/aromatic N) is 1. The molecule has 2 aromatic heterocycles. The van der Waals surface area contributed by atoms with Gasteiger partial charge in [0.05, 0.1) is 17.1 Å². The number of furan rings is 1. The molecule has 5 aromatic rings. The summed E-state index contributed by atoms with van der Waals surface area (Å²) in [7, 11) is 0. The van der Waals surface area contributed by atoms with Crippen LogP contribution in [-0.4, -0.2) is 15.9 Å². The fourth-order valence-corrected chi connectivity index (χ4v) is 5.41. The fourth-order valence-electron chi connectivity index (χ4n) is 5.41. The third kappa shape index (κ3) is 6.37. The first-order valence-electron chi connectivity index (χ1n) is 13.4. The first-order valence-corrected chi connectivity index (χ1v) is 13.4. The Labute approximate surface area is 250 Å². The standard InChI is InChI=1S/C30H30NO.C5H8O2.Ir/c1-17(2)28-18(3)8-9-21-22-12-13-31-29(24(22)11-10-23(21)28)20-15-26(30(5,6)7)25-14-19(4)32-27(25)16-20;1-4(6)3-5(2)7;/h8-15,17H,1-7H3;3,6H,1-2H3;/q-1;;/b;4-3-;. The van der Waals surface area contributed by atoms with Crippen molar-refractivity contribution < 1.29 is 34.4 Å². The molecule has 0 amide bonds. The molecule has 5 heteroatoms. The Morgan fingerprint density at radius 2 is 1.57 bits per heavy atom. The molecule has 0 fully saturated rings. The predicted octanol–water partition coefficient (Wildman–Crippen LogP) is 9.67. The summed E-state index contributed by atoms with van der Waals surface area (Å²) in [6, 6.07) is 19.0. The molecule has 0 saturated heterocycles. The number of allylic oxidation sites excluding steroid dienone is 2. The molecule has 5 rings (SSSR count). The van der Waals surface area contributed by atoms with E-state index < -0.39 is 0 Å². The van der Waals surface area contributed by atoms with Crippen LogP contribution in [0.3, 0.4) is 0 Å². The van der Waals surface area contributed by atoms with Crippen molar-refractivity contribution in [3.8, 4) is 11.3 Å². The van der Waals surface area contributed by atoms with E-state index in [0.29, 0.717) is 5.92 Å². The first-order chi connectivity index (χ1) is 18.3. The van der Waals surface area contributed by atoms with E-state index in [4.69, 9.17) is 14.5 Å². The second-order valence-corrected chi connectivity index (χ2v) is 11.7. The quantitative estimate of drug-likeness (QED) is 0.0876. The van der Waals surface area contributed by atoms with Crippen LogP contribution in [0.2, 0.25) is 0 Å². The predicted molar refractivity (Wildman–Crippen MR) is 163 cm³/mol. The van der Waals surface area contributed by atoms with Gasteiger partial charge in [-0.15, -0.1) is 17.2 Å². The summed E-state index contributed by atoms with van der Waals surface area (Å²) in [6.07, 6.45) is 3.09. The van der Waals surface area contributed by atoms with Gasteiger partial charge < -0.3 is 14.5 Å². The minimum atomic E-state index is -0.125. The number of carbonyl (C=O) groups is 1. The van der Waals surface area contributed by atoms with E-state index in [1.807, 2.05) is 13.1 Å². The normalized spacial score (nSPS) is 12.0. The van der Waals surface area contributed by atoms with Crippen molar-refractivity contribution in [2.45, 2.75) is 73.6 Å². The Balaban J connectivity index is 0.000000492. The summed E-state index contributed by atoms with van der Waals surface area (Å²) in [5.74, 6) is 1.32. The Kier molecular flexibility index (Phi) is 9.44. The average Bonchev–Trinajstić information content (AvgIpc) is 3.21. The fraction of sp³-hybridized carbons (Fsp3) is 0.314. The number of benzene rings is 3. The molecular formula is C35H38IrNO3-. The molecule has 0 spiro atoms. The van der Waals surface area contributed by atoms with E-state index in [-0.39, 0.29) is 37.1 Å². The van der Waals surface area contributed by atoms with Crippen LogP contribution in [0.4, 0.5) is 0 Å². The minimum Gasteiger partial charge on any atom is -0.512 e. The van der Waals surface area contributed by atoms with Crippen LogP contribution in [0.5, 0.6) is 0 Å². The summed E-state index contributed by atoms with van der Waals surface area (Å²) in [4.78, 5) is 14.8. The van der Waals surface area contributed by atoms with Gasteiger partial charge in [-0.05, 0) is 83.5 Å². The van der Waals surface area contributed by atoms with Gasteiger partial charge >= 0.3 is 0 Å². The van der Waals surface area contributed by atoms with Crippen molar-refractivity contribution in [1.82, 2.24) is 4.98 Å². The Hall–Kier alpha value is -3.27. The molecule has 2 heterocycles. The molecule has 1 radical (unpaired) electrons. The van der Waals surface area contributed by atoms with Crippen molar-refractivity contribution in [3.63, 3.8) is 0 Å². The van der Waals surface area contributed by atoms with Gasteiger partial charge in [0.15, 0.2) is 5.78 Å². The first kappa shape index (κ1) is 31.3. The van der Waals surface area contributed by atoms with Gasteiger partial charge in [-0.25, -0.2) is 0 Å². The molecular weight excluding hydrogens is 675 g/mol. The minimum absolute atomic E-state index is 0. The van der Waals surface area contributed by atoms with Crippen LogP contribution in [0.25, 0.3) is 43.8 Å². The van der Waals surface area contributed by atoms with Crippen molar-refractivity contribution >= 4 is 38.3 Å². The summed E-state index contributed by atoms with van der Waals surface area (Å²) in [5, 5.41) is 14.5. The van der Waals surface area contributed by atoms with Crippen molar-refractivity contribution in [1.29, 1.82) is 0 Å². The number of pyridine rings is 1. The molecule has 4 nitrogen and oxygen atoms in total. The van der Waals surface area contributed by atoms with E-state index in [1.54, 1.807) is 0 Å². The molecule has 3 aromatic carbocycles. The van der Waals surface area contributed by atoms with Crippen LogP contribution in [0.1, 0.15) is 76.8 Å². The van der Waals surface area contributed by atoms with E-state index in [9.17, 15) is 4.79 Å². The zero-order valence-corrected chi connectivity index (χ0v) is 27.2. The largest absolute Gasteiger partial charge is 0.512 e. The van der Waals surface area contributed by atoms with E-state index in [1.165, 1.54) is 52.8 Å². The van der Waals surface area contributed by atoms with Crippen LogP contribution in [0.15, 0.2) is 64.9 Å². The van der Waals surface area contributed by atoms with E-state index in [0.717, 1.165) is 33.4 Å². The molecule has 0 bridgehead atoms. The van der Waals surface area contributed by atoms with Gasteiger partial charge in [0.25, 0.3) is 0 Å². The maximum absolute atomic E-state index is 10.0. The smallest absolute Gasteiger partial charge is 0.155 e. The third-order valence-electron chi connectivity index (χ3n) is 6.94. The van der Waals surface area contributed by atoms with Gasteiger partial charge in [0, 0.05) is 32.4 Å². The van der Waals surface area contributed by atoms with Gasteiger partial charge in [-0.3, -0.25) is 4.79 Å². The summed E-state index contributed by atoms with van der Waals surface area (Å²) < 4.78 is 6.02. The number of aromatic nitrogens is 1. The molecule has 0 saturated carbocycles. The molecule has 0 aliphatic carbocycles. The Morgan fingerprint density at radius 1 is 0.950 bits per heavy atom. The van der Waals surface area contributed by atoms with Gasteiger partial charge in [-0.1, -0.05) is 76.4 Å². The number of aliphatic hydroxyl groups excluding tert-OH is 1. The van der Waals surface area contributed by atoms with Gasteiger partial charge in [0.2, 0.25) is 0 Å². The second kappa shape index (κ2) is 12.1. The van der Waals surface area contributed by atoms with Crippen LogP contribution < -0.4 is 0 Å². The average molecular weight is 713 g/mol. The Bertz CT molecular complexity index is 1730. The maximum Gasteiger partial charge on any atom is 0.155 e. The molecule has 40 heavy (non-hydrogen) atoms. The third-order valence-corrected chi connectivity index (χ3v) is 6.94. The summed E-state index contributed by atoms with van der Waals surface area (Å²) in [5.41, 5.74) is 6.77. The topological polar surface area (TPSA) is 63.3 Å². The number of hydrogen-bond donors (Lipinski definition) is 1. The molecule has 0 aliphatic heterocycles. The monoisotopic (exact) mass is 713 g/mol. The number of ketones is 1. The summed E-state index contributed by atoms with van der Waals surface area (Å²) >= 11 is 0. The van der Waals surface area contributed by atoms with Gasteiger partial charge in [0.1, 0.15) is 0 Å². The number of rotatable bonds is 3. The van der Waals surface area contributed by atoms with Crippen LogP contribution >= 0.6 is 0 Å². The number of fused-ring (bicyclic) bond motifs is 4. The molecule has 211 valence electrons. The summed E-state index contributed by atoms with van der Waals surface area (Å²) in [6.45, 7) is 18.3. The maximum atomic E-state index is 10.0. The second-order valence-electron chi connectivity index (χ2n) is 11.7. The van der Waals surface area contributed by atoms with Crippen LogP contribution in [-0.2, 0) is 30.3 Å². The van der Waals surface area contributed by atoms with Crippen molar-refractivity contribution in [2.24, 2.45) is 0 Å². The van der Waals surface area contributed by atoms with Gasteiger partial charge in [-0.2, -0.15) is 0 Å². The van der Waals surface area contributed by atoms with Crippen molar-refractivity contribution in [2.75, 3.05) is 0 Å². The molecule has 1 N–H and O–H groups in total. The zero-order valence-electron chi connectivity index (χ0n) is 24.8. The Morgan fingerprint density at radius 3 is 2.15 bits per heavy atom. The van der Waals surface area contributed by atoms with Crippen molar-refractivity contribution in [3.05, 3.63) is 89.0 Å². The molecule has 0 unspecified atom stereocenters. The number of hydrogen-bond acceptors (Lipinski definition) is 4. The van der Waals surface area contributed by atoms with Crippen LogP contribution in [0, 0.1) is 19.9 Å². The number of aliphatic hydroxyl groups is 1. The van der Waals surface area contributed by atoms with E-state index in [2.05, 4.69) is 90.1 Å². The van der Waals surface area contributed by atoms with E-state index >= 15 is 0 Å². The number of aryl methyl sites for hydroxylation is 2. The molecule has 0 aliphatic rings. The molecule has 0 atom stereocenters.